The van der Waals surface area contributed by atoms with Crippen molar-refractivity contribution in [2.24, 2.45) is 0 Å². The Labute approximate surface area is 102 Å². The maximum absolute atomic E-state index is 11.0. The van der Waals surface area contributed by atoms with Crippen LogP contribution in [0.2, 0.25) is 0 Å². The molecule has 6 nitrogen and oxygen atoms in total. The highest BCUT2D eigenvalue weighted by Crippen LogP contribution is 2.02. The van der Waals surface area contributed by atoms with Crippen LogP contribution in [-0.2, 0) is 9.59 Å². The monoisotopic (exact) mass is 243 g/mol. The minimum absolute atomic E-state index is 0.302. The molecule has 1 heterocycles. The van der Waals surface area contributed by atoms with E-state index in [1.807, 2.05) is 0 Å². The summed E-state index contributed by atoms with van der Waals surface area (Å²) in [5.74, 6) is -1.28. The van der Waals surface area contributed by atoms with Gasteiger partial charge in [-0.15, -0.1) is 0 Å². The average molecular weight is 243 g/mol. The number of carboxylic acid groups (broad SMARTS) is 1. The maximum atomic E-state index is 11.0. The molecule has 1 rings (SSSR count). The van der Waals surface area contributed by atoms with E-state index in [1.54, 1.807) is 0 Å². The number of aliphatic carboxylic acids is 1. The third kappa shape index (κ3) is 5.14. The van der Waals surface area contributed by atoms with E-state index < -0.39 is 12.0 Å². The quantitative estimate of drug-likeness (QED) is 0.677. The van der Waals surface area contributed by atoms with Gasteiger partial charge in [-0.25, -0.2) is 4.79 Å². The fourth-order valence-corrected chi connectivity index (χ4v) is 1.97. The van der Waals surface area contributed by atoms with Crippen LogP contribution >= 0.6 is 0 Å². The lowest BCUT2D eigenvalue weighted by Crippen LogP contribution is -2.48. The molecule has 98 valence electrons. The number of amides is 1. The summed E-state index contributed by atoms with van der Waals surface area (Å²) >= 11 is 0. The molecule has 17 heavy (non-hydrogen) atoms. The number of hydrogen-bond acceptors (Lipinski definition) is 4. The van der Waals surface area contributed by atoms with E-state index in [0.717, 1.165) is 32.6 Å². The number of likely N-dealkylation sites (N-methyl/N-ethyl adjacent to an activating group) is 1. The van der Waals surface area contributed by atoms with Crippen molar-refractivity contribution in [1.82, 2.24) is 15.1 Å². The van der Waals surface area contributed by atoms with Crippen LogP contribution in [0.1, 0.15) is 13.3 Å². The molecular weight excluding hydrogens is 222 g/mol. The van der Waals surface area contributed by atoms with Gasteiger partial charge in [0.15, 0.2) is 0 Å². The van der Waals surface area contributed by atoms with Crippen LogP contribution in [0.5, 0.6) is 0 Å². The number of hydrogen-bond donors (Lipinski definition) is 2. The number of carboxylic acids is 1. The Morgan fingerprint density at radius 3 is 2.59 bits per heavy atom. The molecule has 1 unspecified atom stereocenters. The molecule has 0 aliphatic carbocycles. The summed E-state index contributed by atoms with van der Waals surface area (Å²) in [6.45, 7) is 5.42. The van der Waals surface area contributed by atoms with Gasteiger partial charge in [0.2, 0.25) is 5.91 Å². The first-order valence-corrected chi connectivity index (χ1v) is 5.90. The highest BCUT2D eigenvalue weighted by Gasteiger charge is 2.22. The second kappa shape index (κ2) is 6.56. The molecule has 1 amide bonds. The van der Waals surface area contributed by atoms with Crippen LogP contribution in [0.25, 0.3) is 0 Å². The first kappa shape index (κ1) is 13.9. The minimum Gasteiger partial charge on any atom is -0.480 e. The summed E-state index contributed by atoms with van der Waals surface area (Å²) in [5.41, 5.74) is 0. The van der Waals surface area contributed by atoms with Crippen LogP contribution in [0.15, 0.2) is 0 Å². The lowest BCUT2D eigenvalue weighted by Gasteiger charge is -2.24. The molecule has 0 bridgehead atoms. The third-order valence-corrected chi connectivity index (χ3v) is 2.93. The lowest BCUT2D eigenvalue weighted by molar-refractivity contribution is -0.142. The molecule has 1 fully saturated rings. The smallest absolute Gasteiger partial charge is 0.327 e. The summed E-state index contributed by atoms with van der Waals surface area (Å²) < 4.78 is 0. The normalized spacial score (nSPS) is 20.6. The van der Waals surface area contributed by atoms with E-state index in [2.05, 4.69) is 22.2 Å². The fraction of sp³-hybridized carbons (Fsp3) is 0.818. The molecule has 1 aliphatic rings. The predicted molar refractivity (Wildman–Crippen MR) is 63.8 cm³/mol. The number of nitrogens with one attached hydrogen (secondary N) is 1. The number of carbonyl (C=O) groups excluding carboxylic acids is 1. The molecule has 0 saturated carbocycles. The molecule has 0 spiro atoms. The van der Waals surface area contributed by atoms with Crippen LogP contribution in [0.4, 0.5) is 0 Å². The molecular formula is C11H21N3O3. The number of carbonyl (C=O) groups is 2. The van der Waals surface area contributed by atoms with Gasteiger partial charge in [-0.05, 0) is 26.6 Å². The van der Waals surface area contributed by atoms with Crippen LogP contribution in [-0.4, -0.2) is 72.6 Å². The van der Waals surface area contributed by atoms with Gasteiger partial charge in [-0.2, -0.15) is 0 Å². The van der Waals surface area contributed by atoms with E-state index in [4.69, 9.17) is 5.11 Å². The standard InChI is InChI=1S/C11H21N3O3/c1-9(15)12-10(11(16)17)8-14-5-3-4-13(2)6-7-14/h10H,3-8H2,1-2H3,(H,12,15)(H,16,17). The van der Waals surface area contributed by atoms with Gasteiger partial charge in [0.05, 0.1) is 0 Å². The Kier molecular flexibility index (Phi) is 5.37. The Hall–Kier alpha value is -1.14. The van der Waals surface area contributed by atoms with Crippen molar-refractivity contribution in [2.45, 2.75) is 19.4 Å². The third-order valence-electron chi connectivity index (χ3n) is 2.93. The zero-order valence-corrected chi connectivity index (χ0v) is 10.5. The van der Waals surface area contributed by atoms with Crippen molar-refractivity contribution in [3.05, 3.63) is 0 Å². The molecule has 0 aromatic rings. The summed E-state index contributed by atoms with van der Waals surface area (Å²) in [4.78, 5) is 26.3. The van der Waals surface area contributed by atoms with Gasteiger partial charge in [0.25, 0.3) is 0 Å². The van der Waals surface area contributed by atoms with Gasteiger partial charge < -0.3 is 15.3 Å². The van der Waals surface area contributed by atoms with Gasteiger partial charge >= 0.3 is 5.97 Å². The van der Waals surface area contributed by atoms with E-state index in [0.29, 0.717) is 6.54 Å². The van der Waals surface area contributed by atoms with Gasteiger partial charge in [0, 0.05) is 26.6 Å². The van der Waals surface area contributed by atoms with Crippen LogP contribution in [0.3, 0.4) is 0 Å². The van der Waals surface area contributed by atoms with Gasteiger partial charge in [-0.3, -0.25) is 9.69 Å². The molecule has 6 heteroatoms. The molecule has 2 N–H and O–H groups in total. The van der Waals surface area contributed by atoms with Crippen molar-refractivity contribution >= 4 is 11.9 Å². The minimum atomic E-state index is -0.974. The zero-order valence-electron chi connectivity index (χ0n) is 10.5. The second-order valence-corrected chi connectivity index (χ2v) is 4.55. The molecule has 1 aliphatic heterocycles. The molecule has 1 atom stereocenters. The lowest BCUT2D eigenvalue weighted by atomic mass is 10.2. The first-order valence-electron chi connectivity index (χ1n) is 5.90. The summed E-state index contributed by atoms with van der Waals surface area (Å²) in [6.07, 6.45) is 1.03. The van der Waals surface area contributed by atoms with Crippen molar-refractivity contribution < 1.29 is 14.7 Å². The van der Waals surface area contributed by atoms with Crippen LogP contribution in [0, 0.1) is 0 Å². The van der Waals surface area contributed by atoms with E-state index >= 15 is 0 Å². The topological polar surface area (TPSA) is 72.9 Å². The molecule has 0 aromatic heterocycles. The SMILES string of the molecule is CC(=O)NC(CN1CCCN(C)CC1)C(=O)O. The fourth-order valence-electron chi connectivity index (χ4n) is 1.97. The summed E-state index contributed by atoms with van der Waals surface area (Å²) in [7, 11) is 2.06. The van der Waals surface area contributed by atoms with E-state index in [9.17, 15) is 9.59 Å². The largest absolute Gasteiger partial charge is 0.480 e. The first-order chi connectivity index (χ1) is 7.99. The highest BCUT2D eigenvalue weighted by molar-refractivity contribution is 5.82. The van der Waals surface area contributed by atoms with Crippen molar-refractivity contribution in [1.29, 1.82) is 0 Å². The van der Waals surface area contributed by atoms with Crippen molar-refractivity contribution in [3.63, 3.8) is 0 Å². The predicted octanol–water partition coefficient (Wildman–Crippen LogP) is -0.787. The average Bonchev–Trinajstić information content (AvgIpc) is 2.42. The van der Waals surface area contributed by atoms with Gasteiger partial charge in [-0.1, -0.05) is 0 Å². The number of rotatable bonds is 4. The molecule has 1 saturated heterocycles. The van der Waals surface area contributed by atoms with E-state index in [1.165, 1.54) is 6.92 Å². The zero-order chi connectivity index (χ0) is 12.8. The Morgan fingerprint density at radius 2 is 2.00 bits per heavy atom. The molecule has 0 aromatic carbocycles. The Morgan fingerprint density at radius 1 is 1.29 bits per heavy atom. The van der Waals surface area contributed by atoms with Crippen molar-refractivity contribution in [2.75, 3.05) is 39.8 Å². The number of nitrogens with zero attached hydrogens (tertiary/aromatic N) is 2. The summed E-state index contributed by atoms with van der Waals surface area (Å²) in [5, 5.41) is 11.5. The molecule has 0 radical (unpaired) electrons. The van der Waals surface area contributed by atoms with E-state index in [-0.39, 0.29) is 5.91 Å². The second-order valence-electron chi connectivity index (χ2n) is 4.55. The van der Waals surface area contributed by atoms with Crippen molar-refractivity contribution in [3.8, 4) is 0 Å². The van der Waals surface area contributed by atoms with Gasteiger partial charge in [0.1, 0.15) is 6.04 Å². The maximum Gasteiger partial charge on any atom is 0.327 e. The van der Waals surface area contributed by atoms with Crippen LogP contribution < -0.4 is 5.32 Å². The highest BCUT2D eigenvalue weighted by atomic mass is 16.4. The Bertz CT molecular complexity index is 283. The Balaban J connectivity index is 2.48. The summed E-state index contributed by atoms with van der Waals surface area (Å²) in [6, 6.07) is -0.809.